The lowest BCUT2D eigenvalue weighted by Gasteiger charge is -2.12. The van der Waals surface area contributed by atoms with Crippen molar-refractivity contribution < 1.29 is 14.6 Å². The summed E-state index contributed by atoms with van der Waals surface area (Å²) in [4.78, 5) is 11.2. The summed E-state index contributed by atoms with van der Waals surface area (Å²) in [5, 5.41) is 12.7. The van der Waals surface area contributed by atoms with Gasteiger partial charge in [0, 0.05) is 6.54 Å². The summed E-state index contributed by atoms with van der Waals surface area (Å²) < 4.78 is 5.73. The highest BCUT2D eigenvalue weighted by Gasteiger charge is 2.12. The molecule has 0 unspecified atom stereocenters. The molecule has 0 amide bonds. The molecule has 0 atom stereocenters. The van der Waals surface area contributed by atoms with E-state index >= 15 is 0 Å². The number of carboxylic acids is 1. The van der Waals surface area contributed by atoms with Crippen LogP contribution in [-0.4, -0.2) is 24.2 Å². The van der Waals surface area contributed by atoms with E-state index in [0.29, 0.717) is 23.9 Å². The van der Waals surface area contributed by atoms with Gasteiger partial charge in [0.15, 0.2) is 0 Å². The van der Waals surface area contributed by atoms with Crippen molar-refractivity contribution in [3.63, 3.8) is 0 Å². The SMILES string of the molecule is Cc1ccccc1OCCCCNc1c(Cl)cccc1C(=O)O. The van der Waals surface area contributed by atoms with Crippen LogP contribution in [0.15, 0.2) is 42.5 Å². The summed E-state index contributed by atoms with van der Waals surface area (Å²) in [5.74, 6) is -0.0855. The van der Waals surface area contributed by atoms with E-state index < -0.39 is 5.97 Å². The van der Waals surface area contributed by atoms with Crippen molar-refractivity contribution in [1.29, 1.82) is 0 Å². The maximum absolute atomic E-state index is 11.2. The molecule has 0 spiro atoms. The number of aromatic carboxylic acids is 1. The fourth-order valence-electron chi connectivity index (χ4n) is 2.22. The highest BCUT2D eigenvalue weighted by atomic mass is 35.5. The van der Waals surface area contributed by atoms with Crippen molar-refractivity contribution in [2.75, 3.05) is 18.5 Å². The third kappa shape index (κ3) is 4.89. The van der Waals surface area contributed by atoms with Crippen LogP contribution in [0.2, 0.25) is 5.02 Å². The van der Waals surface area contributed by atoms with Gasteiger partial charge in [-0.15, -0.1) is 0 Å². The van der Waals surface area contributed by atoms with Gasteiger partial charge in [0.1, 0.15) is 5.75 Å². The summed E-state index contributed by atoms with van der Waals surface area (Å²) in [6, 6.07) is 12.8. The molecule has 0 aliphatic rings. The number of benzene rings is 2. The second kappa shape index (κ2) is 8.44. The summed E-state index contributed by atoms with van der Waals surface area (Å²) in [7, 11) is 0. The molecule has 0 saturated carbocycles. The van der Waals surface area contributed by atoms with Gasteiger partial charge < -0.3 is 15.2 Å². The van der Waals surface area contributed by atoms with Crippen LogP contribution in [0.1, 0.15) is 28.8 Å². The molecule has 0 radical (unpaired) electrons. The Morgan fingerprint density at radius 3 is 2.70 bits per heavy atom. The Bertz CT molecular complexity index is 673. The van der Waals surface area contributed by atoms with Gasteiger partial charge in [-0.3, -0.25) is 0 Å². The number of carboxylic acid groups (broad SMARTS) is 1. The van der Waals surface area contributed by atoms with E-state index in [-0.39, 0.29) is 5.56 Å². The third-order valence-electron chi connectivity index (χ3n) is 3.47. The number of hydrogen-bond donors (Lipinski definition) is 2. The molecule has 2 aromatic carbocycles. The molecule has 0 aliphatic heterocycles. The van der Waals surface area contributed by atoms with Crippen LogP contribution in [0.25, 0.3) is 0 Å². The Balaban J connectivity index is 1.76. The zero-order valence-electron chi connectivity index (χ0n) is 13.0. The van der Waals surface area contributed by atoms with E-state index in [2.05, 4.69) is 5.32 Å². The standard InChI is InChI=1S/C18H20ClNO3/c1-13-7-2-3-10-16(13)23-12-5-4-11-20-17-14(18(21)22)8-6-9-15(17)19/h2-3,6-10,20H,4-5,11-12H2,1H3,(H,21,22). The Morgan fingerprint density at radius 2 is 1.96 bits per heavy atom. The molecule has 0 aromatic heterocycles. The van der Waals surface area contributed by atoms with Crippen molar-refractivity contribution in [3.05, 3.63) is 58.6 Å². The fourth-order valence-corrected chi connectivity index (χ4v) is 2.46. The molecule has 23 heavy (non-hydrogen) atoms. The quantitative estimate of drug-likeness (QED) is 0.692. The summed E-state index contributed by atoms with van der Waals surface area (Å²) in [5.41, 5.74) is 1.78. The Kier molecular flexibility index (Phi) is 6.29. The third-order valence-corrected chi connectivity index (χ3v) is 3.78. The number of unbranched alkanes of at least 4 members (excludes halogenated alkanes) is 1. The van der Waals surface area contributed by atoms with Gasteiger partial charge in [-0.05, 0) is 43.5 Å². The maximum Gasteiger partial charge on any atom is 0.337 e. The first-order valence-corrected chi connectivity index (χ1v) is 7.91. The van der Waals surface area contributed by atoms with Gasteiger partial charge in [0.2, 0.25) is 0 Å². The largest absolute Gasteiger partial charge is 0.493 e. The van der Waals surface area contributed by atoms with Crippen molar-refractivity contribution >= 4 is 23.3 Å². The highest BCUT2D eigenvalue weighted by Crippen LogP contribution is 2.26. The minimum atomic E-state index is -0.988. The Labute approximate surface area is 141 Å². The summed E-state index contributed by atoms with van der Waals surface area (Å²) >= 11 is 6.06. The molecule has 2 rings (SSSR count). The predicted molar refractivity (Wildman–Crippen MR) is 92.8 cm³/mol. The molecule has 0 bridgehead atoms. The second-order valence-corrected chi connectivity index (χ2v) is 5.62. The van der Waals surface area contributed by atoms with Crippen LogP contribution in [0.4, 0.5) is 5.69 Å². The topological polar surface area (TPSA) is 58.6 Å². The number of rotatable bonds is 8. The number of ether oxygens (including phenoxy) is 1. The van der Waals surface area contributed by atoms with E-state index in [1.54, 1.807) is 12.1 Å². The fraction of sp³-hybridized carbons (Fsp3) is 0.278. The number of para-hydroxylation sites is 2. The van der Waals surface area contributed by atoms with Crippen LogP contribution in [0.3, 0.4) is 0 Å². The lowest BCUT2D eigenvalue weighted by molar-refractivity contribution is 0.0698. The Morgan fingerprint density at radius 1 is 1.17 bits per heavy atom. The molecular formula is C18H20ClNO3. The highest BCUT2D eigenvalue weighted by molar-refractivity contribution is 6.34. The van der Waals surface area contributed by atoms with E-state index in [0.717, 1.165) is 24.2 Å². The summed E-state index contributed by atoms with van der Waals surface area (Å²) in [6.07, 6.45) is 1.73. The molecule has 0 saturated heterocycles. The molecule has 2 N–H and O–H groups in total. The maximum atomic E-state index is 11.2. The molecule has 2 aromatic rings. The summed E-state index contributed by atoms with van der Waals surface area (Å²) in [6.45, 7) is 3.28. The first-order chi connectivity index (χ1) is 11.1. The average molecular weight is 334 g/mol. The van der Waals surface area contributed by atoms with E-state index in [9.17, 15) is 4.79 Å². The predicted octanol–water partition coefficient (Wildman–Crippen LogP) is 4.62. The second-order valence-electron chi connectivity index (χ2n) is 5.22. The molecular weight excluding hydrogens is 314 g/mol. The molecule has 122 valence electrons. The minimum Gasteiger partial charge on any atom is -0.493 e. The minimum absolute atomic E-state index is 0.189. The lowest BCUT2D eigenvalue weighted by Crippen LogP contribution is -2.09. The van der Waals surface area contributed by atoms with E-state index in [1.165, 1.54) is 6.07 Å². The van der Waals surface area contributed by atoms with Crippen molar-refractivity contribution in [3.8, 4) is 5.75 Å². The van der Waals surface area contributed by atoms with Crippen LogP contribution < -0.4 is 10.1 Å². The van der Waals surface area contributed by atoms with Crippen LogP contribution in [0, 0.1) is 6.92 Å². The van der Waals surface area contributed by atoms with Gasteiger partial charge in [0.05, 0.1) is 22.9 Å². The van der Waals surface area contributed by atoms with E-state index in [1.807, 2.05) is 31.2 Å². The smallest absolute Gasteiger partial charge is 0.337 e. The number of anilines is 1. The average Bonchev–Trinajstić information content (AvgIpc) is 2.53. The molecule has 5 heteroatoms. The number of halogens is 1. The molecule has 4 nitrogen and oxygen atoms in total. The van der Waals surface area contributed by atoms with E-state index in [4.69, 9.17) is 21.4 Å². The zero-order valence-corrected chi connectivity index (χ0v) is 13.8. The van der Waals surface area contributed by atoms with Gasteiger partial charge in [-0.1, -0.05) is 35.9 Å². The van der Waals surface area contributed by atoms with Crippen LogP contribution >= 0.6 is 11.6 Å². The lowest BCUT2D eigenvalue weighted by atomic mass is 10.1. The molecule has 0 aliphatic carbocycles. The van der Waals surface area contributed by atoms with Crippen molar-refractivity contribution in [2.45, 2.75) is 19.8 Å². The van der Waals surface area contributed by atoms with Gasteiger partial charge in [0.25, 0.3) is 0 Å². The first kappa shape index (κ1) is 17.2. The van der Waals surface area contributed by atoms with Gasteiger partial charge in [-0.25, -0.2) is 4.79 Å². The van der Waals surface area contributed by atoms with Gasteiger partial charge >= 0.3 is 5.97 Å². The monoisotopic (exact) mass is 333 g/mol. The van der Waals surface area contributed by atoms with Crippen LogP contribution in [-0.2, 0) is 0 Å². The number of aryl methyl sites for hydroxylation is 1. The van der Waals surface area contributed by atoms with Crippen LogP contribution in [0.5, 0.6) is 5.75 Å². The zero-order chi connectivity index (χ0) is 16.7. The number of nitrogens with one attached hydrogen (secondary N) is 1. The van der Waals surface area contributed by atoms with Gasteiger partial charge in [-0.2, -0.15) is 0 Å². The first-order valence-electron chi connectivity index (χ1n) is 7.53. The number of carbonyl (C=O) groups is 1. The Hall–Kier alpha value is -2.20. The van der Waals surface area contributed by atoms with Crippen molar-refractivity contribution in [2.24, 2.45) is 0 Å². The number of hydrogen-bond acceptors (Lipinski definition) is 3. The molecule has 0 heterocycles. The van der Waals surface area contributed by atoms with Crippen molar-refractivity contribution in [1.82, 2.24) is 0 Å². The molecule has 0 fully saturated rings. The normalized spacial score (nSPS) is 10.3.